The van der Waals surface area contributed by atoms with Crippen LogP contribution in [0.3, 0.4) is 0 Å². The number of pyridine rings is 1. The van der Waals surface area contributed by atoms with E-state index in [4.69, 9.17) is 9.16 Å². The minimum atomic E-state index is -0.764. The maximum atomic E-state index is 6.41. The highest BCUT2D eigenvalue weighted by atomic mass is 79.9. The van der Waals surface area contributed by atoms with Gasteiger partial charge in [-0.05, 0) is 52.5 Å². The summed E-state index contributed by atoms with van der Waals surface area (Å²) in [6, 6.07) is 6.17. The maximum Gasteiger partial charge on any atom is 0.205 e. The number of rotatable bonds is 8. The van der Waals surface area contributed by atoms with E-state index in [-0.39, 0.29) is 11.5 Å². The Kier molecular flexibility index (Phi) is 7.67. The molecule has 0 spiro atoms. The first-order valence-electron chi connectivity index (χ1n) is 8.48. The monoisotopic (exact) mass is 440 g/mol. The van der Waals surface area contributed by atoms with Gasteiger partial charge in [-0.15, -0.1) is 11.3 Å². The third-order valence-corrected chi connectivity index (χ3v) is 6.41. The maximum absolute atomic E-state index is 6.41. The molecule has 1 radical (unpaired) electrons. The SMILES string of the molecule is C[Si](C)OC[C@H](Oc1cc(Br)cs1)C(Cc1cccnc1)C(C)(C)C. The number of nitrogens with zero attached hydrogens (tertiary/aromatic N) is 1. The molecule has 1 unspecified atom stereocenters. The molecule has 0 saturated heterocycles. The largest absolute Gasteiger partial charge is 0.478 e. The van der Waals surface area contributed by atoms with Crippen molar-refractivity contribution < 1.29 is 9.16 Å². The Balaban J connectivity index is 2.23. The quantitative estimate of drug-likeness (QED) is 0.484. The highest BCUT2D eigenvalue weighted by Gasteiger charge is 2.34. The fourth-order valence-electron chi connectivity index (χ4n) is 2.76. The molecule has 6 heteroatoms. The minimum absolute atomic E-state index is 0.00524. The highest BCUT2D eigenvalue weighted by Crippen LogP contribution is 2.36. The smallest absolute Gasteiger partial charge is 0.205 e. The average molecular weight is 441 g/mol. The Bertz CT molecular complexity index is 642. The molecule has 0 aromatic carbocycles. The zero-order valence-electron chi connectivity index (χ0n) is 15.6. The summed E-state index contributed by atoms with van der Waals surface area (Å²) in [5.41, 5.74) is 1.33. The molecule has 0 N–H and O–H groups in total. The molecule has 2 aromatic rings. The van der Waals surface area contributed by atoms with Crippen molar-refractivity contribution in [3.63, 3.8) is 0 Å². The van der Waals surface area contributed by atoms with Crippen molar-refractivity contribution in [1.29, 1.82) is 0 Å². The molecule has 2 heterocycles. The van der Waals surface area contributed by atoms with Crippen molar-refractivity contribution in [2.24, 2.45) is 11.3 Å². The van der Waals surface area contributed by atoms with Crippen molar-refractivity contribution in [2.75, 3.05) is 6.61 Å². The Hall–Kier alpha value is -0.693. The molecule has 2 rings (SSSR count). The standard InChI is InChI=1S/C19H27BrNO2SSi/c1-19(2,3)16(9-14-7-6-8-21-11-14)17(12-22-25(4)5)23-18-10-15(20)13-24-18/h6-8,10-11,13,16-17H,9,12H2,1-5H3/t16?,17-/m0/s1. The summed E-state index contributed by atoms with van der Waals surface area (Å²) in [4.78, 5) is 4.27. The first-order chi connectivity index (χ1) is 11.8. The van der Waals surface area contributed by atoms with Crippen LogP contribution in [-0.4, -0.2) is 26.7 Å². The van der Waals surface area contributed by atoms with Crippen molar-refractivity contribution in [3.8, 4) is 5.06 Å². The van der Waals surface area contributed by atoms with E-state index in [1.165, 1.54) is 5.56 Å². The van der Waals surface area contributed by atoms with Gasteiger partial charge in [-0.3, -0.25) is 4.98 Å². The van der Waals surface area contributed by atoms with E-state index in [2.05, 4.69) is 66.2 Å². The Morgan fingerprint density at radius 3 is 2.60 bits per heavy atom. The van der Waals surface area contributed by atoms with Crippen LogP contribution in [0.1, 0.15) is 26.3 Å². The van der Waals surface area contributed by atoms with Gasteiger partial charge >= 0.3 is 0 Å². The summed E-state index contributed by atoms with van der Waals surface area (Å²) < 4.78 is 13.5. The second-order valence-electron chi connectivity index (χ2n) is 7.50. The normalized spacial score (nSPS) is 14.5. The summed E-state index contributed by atoms with van der Waals surface area (Å²) in [6.07, 6.45) is 4.70. The van der Waals surface area contributed by atoms with Crippen LogP contribution in [0.4, 0.5) is 0 Å². The van der Waals surface area contributed by atoms with E-state index >= 15 is 0 Å². The predicted octanol–water partition coefficient (Wildman–Crippen LogP) is 5.83. The van der Waals surface area contributed by atoms with E-state index in [1.54, 1.807) is 11.3 Å². The van der Waals surface area contributed by atoms with Gasteiger partial charge in [0, 0.05) is 34.2 Å². The molecule has 3 nitrogen and oxygen atoms in total. The fourth-order valence-corrected chi connectivity index (χ4v) is 4.56. The van der Waals surface area contributed by atoms with Crippen LogP contribution in [0, 0.1) is 11.3 Å². The van der Waals surface area contributed by atoms with Gasteiger partial charge in [0.2, 0.25) is 9.04 Å². The molecular formula is C19H27BrNO2SSi. The molecule has 2 atom stereocenters. The molecule has 0 aliphatic carbocycles. The third kappa shape index (κ3) is 6.85. The Labute approximate surface area is 165 Å². The van der Waals surface area contributed by atoms with Gasteiger partial charge in [-0.2, -0.15) is 0 Å². The first-order valence-corrected chi connectivity index (χ1v) is 12.6. The molecule has 0 saturated carbocycles. The lowest BCUT2D eigenvalue weighted by atomic mass is 9.74. The van der Waals surface area contributed by atoms with Crippen molar-refractivity contribution in [3.05, 3.63) is 46.0 Å². The lowest BCUT2D eigenvalue weighted by Gasteiger charge is -2.37. The molecule has 0 bridgehead atoms. The van der Waals surface area contributed by atoms with Crippen LogP contribution in [0.15, 0.2) is 40.4 Å². The molecule has 0 aliphatic heterocycles. The van der Waals surface area contributed by atoms with Gasteiger partial charge < -0.3 is 9.16 Å². The van der Waals surface area contributed by atoms with Gasteiger partial charge in [0.25, 0.3) is 0 Å². The lowest BCUT2D eigenvalue weighted by molar-refractivity contribution is 0.0289. The van der Waals surface area contributed by atoms with Crippen molar-refractivity contribution in [2.45, 2.75) is 46.4 Å². The second-order valence-corrected chi connectivity index (χ2v) is 11.4. The number of thiophene rings is 1. The van der Waals surface area contributed by atoms with Crippen LogP contribution >= 0.6 is 27.3 Å². The zero-order valence-corrected chi connectivity index (χ0v) is 19.0. The number of aromatic nitrogens is 1. The molecule has 25 heavy (non-hydrogen) atoms. The van der Waals surface area contributed by atoms with Crippen LogP contribution in [0.2, 0.25) is 13.1 Å². The number of hydrogen-bond acceptors (Lipinski definition) is 4. The molecule has 0 fully saturated rings. The van der Waals surface area contributed by atoms with Crippen LogP contribution in [-0.2, 0) is 10.8 Å². The number of ether oxygens (including phenoxy) is 1. The molecule has 0 aliphatic rings. The number of hydrogen-bond donors (Lipinski definition) is 0. The predicted molar refractivity (Wildman–Crippen MR) is 111 cm³/mol. The Morgan fingerprint density at radius 2 is 2.08 bits per heavy atom. The Morgan fingerprint density at radius 1 is 1.32 bits per heavy atom. The summed E-state index contributed by atoms with van der Waals surface area (Å²) in [6.45, 7) is 11.8. The highest BCUT2D eigenvalue weighted by molar-refractivity contribution is 9.10. The number of halogens is 1. The zero-order chi connectivity index (χ0) is 18.4. The van der Waals surface area contributed by atoms with Crippen LogP contribution in [0.25, 0.3) is 0 Å². The lowest BCUT2D eigenvalue weighted by Crippen LogP contribution is -2.41. The summed E-state index contributed by atoms with van der Waals surface area (Å²) in [7, 11) is -0.764. The van der Waals surface area contributed by atoms with Gasteiger partial charge in [-0.25, -0.2) is 0 Å². The molecule has 0 amide bonds. The average Bonchev–Trinajstić information content (AvgIpc) is 2.94. The van der Waals surface area contributed by atoms with Gasteiger partial charge in [0.05, 0.1) is 6.61 Å². The molecule has 2 aromatic heterocycles. The summed E-state index contributed by atoms with van der Waals surface area (Å²) in [5.74, 6) is 0.318. The van der Waals surface area contributed by atoms with Gasteiger partial charge in [-0.1, -0.05) is 26.8 Å². The van der Waals surface area contributed by atoms with E-state index < -0.39 is 9.04 Å². The minimum Gasteiger partial charge on any atom is -0.478 e. The van der Waals surface area contributed by atoms with E-state index in [9.17, 15) is 0 Å². The molecule has 137 valence electrons. The van der Waals surface area contributed by atoms with Gasteiger partial charge in [0.1, 0.15) is 6.10 Å². The van der Waals surface area contributed by atoms with Crippen LogP contribution in [0.5, 0.6) is 5.06 Å². The molecular weight excluding hydrogens is 414 g/mol. The van der Waals surface area contributed by atoms with E-state index in [1.807, 2.05) is 24.5 Å². The first kappa shape index (κ1) is 20.6. The fraction of sp³-hybridized carbons (Fsp3) is 0.526. The topological polar surface area (TPSA) is 31.4 Å². The third-order valence-electron chi connectivity index (χ3n) is 4.09. The summed E-state index contributed by atoms with van der Waals surface area (Å²) >= 11 is 5.13. The van der Waals surface area contributed by atoms with Crippen LogP contribution < -0.4 is 4.74 Å². The van der Waals surface area contributed by atoms with Crippen molar-refractivity contribution in [1.82, 2.24) is 4.98 Å². The van der Waals surface area contributed by atoms with Gasteiger partial charge in [0.15, 0.2) is 5.06 Å². The van der Waals surface area contributed by atoms with E-state index in [0.717, 1.165) is 16.0 Å². The van der Waals surface area contributed by atoms with E-state index in [0.29, 0.717) is 12.5 Å². The van der Waals surface area contributed by atoms with Crippen molar-refractivity contribution >= 4 is 36.3 Å². The second kappa shape index (κ2) is 9.30. The summed E-state index contributed by atoms with van der Waals surface area (Å²) in [5, 5.41) is 2.98.